The van der Waals surface area contributed by atoms with E-state index in [2.05, 4.69) is 29.9 Å². The maximum atomic E-state index is 13.0. The molecule has 2 aromatic rings. The molecule has 4 heterocycles. The molecule has 11 nitrogen and oxygen atoms in total. The number of aryl methyl sites for hydroxylation is 2. The van der Waals surface area contributed by atoms with Gasteiger partial charge in [0.15, 0.2) is 16.7 Å². The molecule has 4 rings (SSSR count). The molecular weight excluding hydrogens is 432 g/mol. The molecule has 2 aliphatic heterocycles. The van der Waals surface area contributed by atoms with Crippen molar-refractivity contribution >= 4 is 21.7 Å². The fourth-order valence-corrected chi connectivity index (χ4v) is 5.63. The van der Waals surface area contributed by atoms with Crippen LogP contribution in [0.5, 0.6) is 0 Å². The predicted molar refractivity (Wildman–Crippen MR) is 121 cm³/mol. The number of aliphatic hydroxyl groups excluding tert-OH is 1. The van der Waals surface area contributed by atoms with Crippen LogP contribution in [-0.2, 0) is 16.6 Å². The summed E-state index contributed by atoms with van der Waals surface area (Å²) in [5, 5.41) is 18.0. The molecule has 32 heavy (non-hydrogen) atoms. The maximum absolute atomic E-state index is 13.0. The van der Waals surface area contributed by atoms with E-state index >= 15 is 0 Å². The van der Waals surface area contributed by atoms with E-state index in [-0.39, 0.29) is 11.6 Å². The summed E-state index contributed by atoms with van der Waals surface area (Å²) in [6.07, 6.45) is 1.62. The SMILES string of the molecule is CCn1cc(S(=O)(=O)N2CCN(c3ccc(N4CCN(CCO)CC4)nn3)CC2)nc1C. The Balaban J connectivity index is 1.34. The zero-order valence-electron chi connectivity index (χ0n) is 18.8. The first-order valence-electron chi connectivity index (χ1n) is 11.1. The average molecular weight is 465 g/mol. The summed E-state index contributed by atoms with van der Waals surface area (Å²) < 4.78 is 29.3. The minimum absolute atomic E-state index is 0.119. The second kappa shape index (κ2) is 9.69. The summed E-state index contributed by atoms with van der Waals surface area (Å²) in [6.45, 7) is 10.8. The number of piperazine rings is 2. The molecule has 176 valence electrons. The minimum Gasteiger partial charge on any atom is -0.395 e. The van der Waals surface area contributed by atoms with Crippen LogP contribution < -0.4 is 9.80 Å². The van der Waals surface area contributed by atoms with Gasteiger partial charge in [0.2, 0.25) is 0 Å². The molecule has 2 aliphatic rings. The molecule has 12 heteroatoms. The second-order valence-corrected chi connectivity index (χ2v) is 9.99. The topological polar surface area (TPSA) is 111 Å². The normalized spacial score (nSPS) is 19.0. The van der Waals surface area contributed by atoms with Gasteiger partial charge in [-0.1, -0.05) is 0 Å². The summed E-state index contributed by atoms with van der Waals surface area (Å²) in [6, 6.07) is 3.94. The monoisotopic (exact) mass is 464 g/mol. The van der Waals surface area contributed by atoms with Gasteiger partial charge in [0.1, 0.15) is 5.82 Å². The van der Waals surface area contributed by atoms with Crippen molar-refractivity contribution in [2.75, 3.05) is 75.3 Å². The Morgan fingerprint density at radius 2 is 1.50 bits per heavy atom. The number of β-amino-alcohol motifs (C(OH)–C–C–N with tert-alkyl or cyclic N) is 1. The molecule has 0 radical (unpaired) electrons. The lowest BCUT2D eigenvalue weighted by Gasteiger charge is -2.35. The molecule has 0 saturated carbocycles. The minimum atomic E-state index is -3.60. The molecule has 0 unspecified atom stereocenters. The number of hydrogen-bond donors (Lipinski definition) is 1. The Morgan fingerprint density at radius 1 is 0.938 bits per heavy atom. The number of sulfonamides is 1. The zero-order valence-corrected chi connectivity index (χ0v) is 19.6. The number of rotatable bonds is 7. The largest absolute Gasteiger partial charge is 0.395 e. The van der Waals surface area contributed by atoms with E-state index in [1.54, 1.807) is 6.20 Å². The van der Waals surface area contributed by atoms with Crippen LogP contribution in [0.15, 0.2) is 23.4 Å². The maximum Gasteiger partial charge on any atom is 0.262 e. The Morgan fingerprint density at radius 3 is 1.97 bits per heavy atom. The highest BCUT2D eigenvalue weighted by atomic mass is 32.2. The van der Waals surface area contributed by atoms with Crippen molar-refractivity contribution in [3.63, 3.8) is 0 Å². The lowest BCUT2D eigenvalue weighted by atomic mass is 10.3. The van der Waals surface area contributed by atoms with Crippen molar-refractivity contribution < 1.29 is 13.5 Å². The molecule has 1 N–H and O–H groups in total. The van der Waals surface area contributed by atoms with E-state index in [9.17, 15) is 8.42 Å². The van der Waals surface area contributed by atoms with Crippen LogP contribution in [0.3, 0.4) is 0 Å². The van der Waals surface area contributed by atoms with E-state index in [0.717, 1.165) is 37.8 Å². The van der Waals surface area contributed by atoms with Gasteiger partial charge in [-0.2, -0.15) is 4.31 Å². The highest BCUT2D eigenvalue weighted by molar-refractivity contribution is 7.89. The van der Waals surface area contributed by atoms with Crippen molar-refractivity contribution in [1.82, 2.24) is 29.0 Å². The summed E-state index contributed by atoms with van der Waals surface area (Å²) in [5.74, 6) is 2.31. The van der Waals surface area contributed by atoms with E-state index in [0.29, 0.717) is 45.1 Å². The molecule has 0 spiro atoms. The van der Waals surface area contributed by atoms with Crippen LogP contribution in [0.2, 0.25) is 0 Å². The number of aromatic nitrogens is 4. The van der Waals surface area contributed by atoms with E-state index in [4.69, 9.17) is 5.11 Å². The number of nitrogens with zero attached hydrogens (tertiary/aromatic N) is 8. The van der Waals surface area contributed by atoms with Gasteiger partial charge < -0.3 is 19.5 Å². The van der Waals surface area contributed by atoms with Gasteiger partial charge in [-0.25, -0.2) is 13.4 Å². The molecule has 2 fully saturated rings. The van der Waals surface area contributed by atoms with Crippen molar-refractivity contribution in [3.8, 4) is 0 Å². The van der Waals surface area contributed by atoms with E-state index < -0.39 is 10.0 Å². The third-order valence-corrected chi connectivity index (χ3v) is 7.98. The summed E-state index contributed by atoms with van der Waals surface area (Å²) in [4.78, 5) is 10.8. The molecule has 2 saturated heterocycles. The second-order valence-electron chi connectivity index (χ2n) is 8.11. The number of hydrogen-bond acceptors (Lipinski definition) is 9. The molecule has 0 amide bonds. The third-order valence-electron chi connectivity index (χ3n) is 6.21. The van der Waals surface area contributed by atoms with Gasteiger partial charge >= 0.3 is 0 Å². The van der Waals surface area contributed by atoms with Gasteiger partial charge in [0.25, 0.3) is 10.0 Å². The number of anilines is 2. The average Bonchev–Trinajstić information content (AvgIpc) is 3.21. The highest BCUT2D eigenvalue weighted by Crippen LogP contribution is 2.21. The Labute approximate surface area is 189 Å². The van der Waals surface area contributed by atoms with Gasteiger partial charge in [0, 0.05) is 71.6 Å². The smallest absolute Gasteiger partial charge is 0.262 e. The van der Waals surface area contributed by atoms with Gasteiger partial charge in [-0.05, 0) is 26.0 Å². The van der Waals surface area contributed by atoms with Crippen LogP contribution in [-0.4, -0.2) is 108 Å². The van der Waals surface area contributed by atoms with E-state index in [1.165, 1.54) is 4.31 Å². The quantitative estimate of drug-likeness (QED) is 0.586. The summed E-state index contributed by atoms with van der Waals surface area (Å²) in [5.41, 5.74) is 0. The third kappa shape index (κ3) is 4.72. The first kappa shape index (κ1) is 22.9. The lowest BCUT2D eigenvalue weighted by molar-refractivity contribution is 0.188. The number of aliphatic hydroxyl groups is 1. The highest BCUT2D eigenvalue weighted by Gasteiger charge is 2.31. The van der Waals surface area contributed by atoms with E-state index in [1.807, 2.05) is 30.5 Å². The Hall–Kier alpha value is -2.28. The standard InChI is InChI=1S/C20H32N8O3S/c1-3-25-16-20(21-17(25)2)32(30,31)28-12-10-27(11-13-28)19-5-4-18(22-23-19)26-8-6-24(7-9-26)14-15-29/h4-5,16,29H,3,6-15H2,1-2H3. The summed E-state index contributed by atoms with van der Waals surface area (Å²) in [7, 11) is -3.60. The van der Waals surface area contributed by atoms with Crippen LogP contribution in [0, 0.1) is 6.92 Å². The van der Waals surface area contributed by atoms with Crippen LogP contribution >= 0.6 is 0 Å². The Bertz CT molecular complexity index is 994. The number of imidazole rings is 1. The van der Waals surface area contributed by atoms with Crippen molar-refractivity contribution in [2.45, 2.75) is 25.4 Å². The fourth-order valence-electron chi connectivity index (χ4n) is 4.21. The van der Waals surface area contributed by atoms with Crippen LogP contribution in [0.4, 0.5) is 11.6 Å². The van der Waals surface area contributed by atoms with Crippen molar-refractivity contribution in [2.24, 2.45) is 0 Å². The molecule has 0 aromatic carbocycles. The van der Waals surface area contributed by atoms with Crippen molar-refractivity contribution in [1.29, 1.82) is 0 Å². The molecule has 0 bridgehead atoms. The fraction of sp³-hybridized carbons (Fsp3) is 0.650. The molecule has 2 aromatic heterocycles. The molecule has 0 atom stereocenters. The van der Waals surface area contributed by atoms with Crippen LogP contribution in [0.25, 0.3) is 0 Å². The zero-order chi connectivity index (χ0) is 22.7. The first-order valence-corrected chi connectivity index (χ1v) is 12.6. The first-order chi connectivity index (χ1) is 15.4. The molecule has 0 aliphatic carbocycles. The van der Waals surface area contributed by atoms with Gasteiger partial charge in [0.05, 0.1) is 6.61 Å². The molecular formula is C20H32N8O3S. The predicted octanol–water partition coefficient (Wildman–Crippen LogP) is -0.373. The lowest BCUT2D eigenvalue weighted by Crippen LogP contribution is -2.49. The van der Waals surface area contributed by atoms with Gasteiger partial charge in [-0.15, -0.1) is 10.2 Å². The van der Waals surface area contributed by atoms with Crippen LogP contribution in [0.1, 0.15) is 12.7 Å². The Kier molecular flexibility index (Phi) is 6.93. The van der Waals surface area contributed by atoms with Gasteiger partial charge in [-0.3, -0.25) is 4.90 Å². The van der Waals surface area contributed by atoms with Crippen molar-refractivity contribution in [3.05, 3.63) is 24.2 Å². The summed E-state index contributed by atoms with van der Waals surface area (Å²) >= 11 is 0.